The Kier molecular flexibility index (Phi) is 7.86. The fourth-order valence-corrected chi connectivity index (χ4v) is 7.33. The molecule has 2 aromatic carbocycles. The Hall–Kier alpha value is -2.38. The first-order valence-corrected chi connectivity index (χ1v) is 14.0. The molecular formula is C28H37NO5S. The molecule has 1 aliphatic carbocycles. The lowest BCUT2D eigenvalue weighted by Gasteiger charge is -2.39. The Morgan fingerprint density at radius 2 is 1.71 bits per heavy atom. The van der Waals surface area contributed by atoms with E-state index >= 15 is 0 Å². The monoisotopic (exact) mass is 499 g/mol. The first kappa shape index (κ1) is 25.7. The molecule has 190 valence electrons. The van der Waals surface area contributed by atoms with Crippen molar-refractivity contribution in [3.8, 4) is 11.5 Å². The van der Waals surface area contributed by atoms with Gasteiger partial charge < -0.3 is 9.47 Å². The summed E-state index contributed by atoms with van der Waals surface area (Å²) in [5, 5.41) is 0. The number of carbonyl (C=O) groups excluding carboxylic acids is 1. The Morgan fingerprint density at radius 1 is 1.03 bits per heavy atom. The molecule has 6 nitrogen and oxygen atoms in total. The zero-order valence-electron chi connectivity index (χ0n) is 21.0. The van der Waals surface area contributed by atoms with E-state index in [4.69, 9.17) is 9.47 Å². The van der Waals surface area contributed by atoms with E-state index in [0.717, 1.165) is 49.8 Å². The molecule has 7 heteroatoms. The van der Waals surface area contributed by atoms with Crippen molar-refractivity contribution in [3.63, 3.8) is 0 Å². The Morgan fingerprint density at radius 3 is 2.37 bits per heavy atom. The maximum Gasteiger partial charge on any atom is 0.243 e. The summed E-state index contributed by atoms with van der Waals surface area (Å²) >= 11 is 0. The van der Waals surface area contributed by atoms with E-state index in [0.29, 0.717) is 36.1 Å². The molecule has 4 rings (SSSR count). The van der Waals surface area contributed by atoms with Crippen LogP contribution < -0.4 is 9.47 Å². The number of hydrogen-bond donors (Lipinski definition) is 0. The number of methoxy groups -OCH3 is 2. The zero-order valence-corrected chi connectivity index (χ0v) is 21.9. The molecule has 1 aliphatic heterocycles. The minimum Gasteiger partial charge on any atom is -0.497 e. The highest BCUT2D eigenvalue weighted by atomic mass is 32.2. The maximum absolute atomic E-state index is 13.1. The number of nitrogens with zero attached hydrogens (tertiary/aromatic N) is 1. The van der Waals surface area contributed by atoms with Crippen LogP contribution >= 0.6 is 0 Å². The van der Waals surface area contributed by atoms with Crippen molar-refractivity contribution in [1.29, 1.82) is 0 Å². The fourth-order valence-electron chi connectivity index (χ4n) is 5.89. The normalized spacial score (nSPS) is 21.1. The predicted octanol–water partition coefficient (Wildman–Crippen LogP) is 5.43. The van der Waals surface area contributed by atoms with Crippen LogP contribution in [0, 0.1) is 11.3 Å². The number of para-hydroxylation sites is 1. The van der Waals surface area contributed by atoms with Gasteiger partial charge in [-0.1, -0.05) is 25.1 Å². The third kappa shape index (κ3) is 5.56. The van der Waals surface area contributed by atoms with E-state index in [1.165, 1.54) is 0 Å². The van der Waals surface area contributed by atoms with Gasteiger partial charge in [0.2, 0.25) is 10.0 Å². The highest BCUT2D eigenvalue weighted by Gasteiger charge is 2.43. The number of hydrogen-bond acceptors (Lipinski definition) is 5. The summed E-state index contributed by atoms with van der Waals surface area (Å²) in [7, 11) is -0.278. The number of ketones is 1. The number of carbonyl (C=O) groups is 1. The van der Waals surface area contributed by atoms with E-state index in [1.807, 2.05) is 31.2 Å². The van der Waals surface area contributed by atoms with E-state index in [2.05, 4.69) is 0 Å². The second-order valence-electron chi connectivity index (χ2n) is 10.2. The highest BCUT2D eigenvalue weighted by Crippen LogP contribution is 2.50. The Labute approximate surface area is 209 Å². The molecule has 2 fully saturated rings. The second kappa shape index (κ2) is 10.7. The molecule has 0 bridgehead atoms. The molecule has 0 amide bonds. The van der Waals surface area contributed by atoms with E-state index in [-0.39, 0.29) is 17.1 Å². The molecule has 2 aliphatic rings. The van der Waals surface area contributed by atoms with Gasteiger partial charge in [-0.2, -0.15) is 4.31 Å². The zero-order chi connectivity index (χ0) is 25.1. The number of ether oxygens (including phenoxy) is 2. The lowest BCUT2D eigenvalue weighted by molar-refractivity contribution is -0.120. The average Bonchev–Trinajstić information content (AvgIpc) is 3.29. The molecule has 1 saturated carbocycles. The number of Topliss-reactive ketones (excluding diaryl/α,β-unsaturated/α-hetero) is 1. The van der Waals surface area contributed by atoms with Crippen LogP contribution in [0.1, 0.15) is 63.4 Å². The van der Waals surface area contributed by atoms with Crippen molar-refractivity contribution >= 4 is 15.8 Å². The lowest BCUT2D eigenvalue weighted by Crippen LogP contribution is -2.42. The van der Waals surface area contributed by atoms with Gasteiger partial charge in [0.1, 0.15) is 17.3 Å². The van der Waals surface area contributed by atoms with Gasteiger partial charge >= 0.3 is 0 Å². The standard InChI is InChI=1S/C28H37NO5S/c1-21(25-6-4-5-7-27(25)34-3)26(30)13-8-22-14-15-28(20-22)16-18-29(19-17-28)35(31,32)24-11-9-23(33-2)10-12-24/h4-7,9-12,21-22H,8,13-20H2,1-3H3. The minimum atomic E-state index is -3.49. The Bertz CT molecular complexity index is 1120. The smallest absolute Gasteiger partial charge is 0.243 e. The predicted molar refractivity (Wildman–Crippen MR) is 136 cm³/mol. The molecule has 0 radical (unpaired) electrons. The van der Waals surface area contributed by atoms with Crippen molar-refractivity contribution in [2.45, 2.75) is 62.7 Å². The van der Waals surface area contributed by atoms with Crippen molar-refractivity contribution in [3.05, 3.63) is 54.1 Å². The van der Waals surface area contributed by atoms with E-state index in [9.17, 15) is 13.2 Å². The summed E-state index contributed by atoms with van der Waals surface area (Å²) in [6, 6.07) is 14.4. The van der Waals surface area contributed by atoms with Gasteiger partial charge in [0.05, 0.1) is 19.1 Å². The number of benzene rings is 2. The third-order valence-corrected chi connectivity index (χ3v) is 10.1. The van der Waals surface area contributed by atoms with Crippen LogP contribution in [-0.2, 0) is 14.8 Å². The summed E-state index contributed by atoms with van der Waals surface area (Å²) in [5.41, 5.74) is 1.17. The van der Waals surface area contributed by atoms with Crippen LogP contribution in [0.3, 0.4) is 0 Å². The molecule has 2 aromatic rings. The van der Waals surface area contributed by atoms with Crippen molar-refractivity contribution in [1.82, 2.24) is 4.31 Å². The van der Waals surface area contributed by atoms with Crippen LogP contribution in [0.25, 0.3) is 0 Å². The lowest BCUT2D eigenvalue weighted by atomic mass is 9.76. The van der Waals surface area contributed by atoms with Crippen LogP contribution in [-0.4, -0.2) is 45.8 Å². The van der Waals surface area contributed by atoms with Crippen LogP contribution in [0.5, 0.6) is 11.5 Å². The fraction of sp³-hybridized carbons (Fsp3) is 0.536. The van der Waals surface area contributed by atoms with Gasteiger partial charge in [-0.15, -0.1) is 0 Å². The molecule has 2 unspecified atom stereocenters. The molecule has 0 aromatic heterocycles. The van der Waals surface area contributed by atoms with Crippen molar-refractivity contribution < 1.29 is 22.7 Å². The molecular weight excluding hydrogens is 462 g/mol. The molecule has 1 heterocycles. The van der Waals surface area contributed by atoms with Crippen LogP contribution in [0.4, 0.5) is 0 Å². The summed E-state index contributed by atoms with van der Waals surface area (Å²) in [5.74, 6) is 2.04. The SMILES string of the molecule is COc1ccc(S(=O)(=O)N2CCC3(CCC(CCC(=O)C(C)c4ccccc4OC)C3)CC2)cc1. The Balaban J connectivity index is 1.29. The van der Waals surface area contributed by atoms with E-state index in [1.54, 1.807) is 42.8 Å². The van der Waals surface area contributed by atoms with Gasteiger partial charge in [0.15, 0.2) is 0 Å². The van der Waals surface area contributed by atoms with Crippen LogP contribution in [0.2, 0.25) is 0 Å². The third-order valence-electron chi connectivity index (χ3n) is 8.17. The molecule has 2 atom stereocenters. The van der Waals surface area contributed by atoms with Gasteiger partial charge in [-0.3, -0.25) is 4.79 Å². The molecule has 1 spiro atoms. The number of rotatable bonds is 9. The number of piperidine rings is 1. The van der Waals surface area contributed by atoms with Crippen molar-refractivity contribution in [2.24, 2.45) is 11.3 Å². The quantitative estimate of drug-likeness (QED) is 0.460. The van der Waals surface area contributed by atoms with Gasteiger partial charge in [0, 0.05) is 31.0 Å². The summed E-state index contributed by atoms with van der Waals surface area (Å²) in [6.07, 6.45) is 6.63. The second-order valence-corrected chi connectivity index (χ2v) is 12.1. The van der Waals surface area contributed by atoms with Gasteiger partial charge in [-0.25, -0.2) is 8.42 Å². The van der Waals surface area contributed by atoms with Crippen molar-refractivity contribution in [2.75, 3.05) is 27.3 Å². The number of sulfonamides is 1. The van der Waals surface area contributed by atoms with Crippen LogP contribution in [0.15, 0.2) is 53.4 Å². The first-order valence-electron chi connectivity index (χ1n) is 12.6. The molecule has 0 N–H and O–H groups in total. The van der Waals surface area contributed by atoms with E-state index < -0.39 is 10.0 Å². The summed E-state index contributed by atoms with van der Waals surface area (Å²) in [6.45, 7) is 3.09. The highest BCUT2D eigenvalue weighted by molar-refractivity contribution is 7.89. The maximum atomic E-state index is 13.1. The largest absolute Gasteiger partial charge is 0.497 e. The molecule has 35 heavy (non-hydrogen) atoms. The minimum absolute atomic E-state index is 0.173. The van der Waals surface area contributed by atoms with Gasteiger partial charge in [0.25, 0.3) is 0 Å². The summed E-state index contributed by atoms with van der Waals surface area (Å²) < 4.78 is 38.4. The average molecular weight is 500 g/mol. The molecule has 1 saturated heterocycles. The first-order chi connectivity index (χ1) is 16.8. The topological polar surface area (TPSA) is 72.9 Å². The van der Waals surface area contributed by atoms with Gasteiger partial charge in [-0.05, 0) is 80.2 Å². The summed E-state index contributed by atoms with van der Waals surface area (Å²) in [4.78, 5) is 13.2.